The van der Waals surface area contributed by atoms with E-state index in [0.29, 0.717) is 11.7 Å². The lowest BCUT2D eigenvalue weighted by atomic mass is 9.97. The van der Waals surface area contributed by atoms with Crippen LogP contribution >= 0.6 is 23.8 Å². The number of thiocarbonyl (C=S) groups is 1. The largest absolute Gasteiger partial charge is 0.358 e. The molecule has 0 heterocycles. The van der Waals surface area contributed by atoms with Gasteiger partial charge >= 0.3 is 0 Å². The van der Waals surface area contributed by atoms with Gasteiger partial charge in [-0.1, -0.05) is 72.3 Å². The van der Waals surface area contributed by atoms with Crippen LogP contribution in [-0.2, 0) is 0 Å². The van der Waals surface area contributed by atoms with Crippen molar-refractivity contribution in [1.82, 2.24) is 10.7 Å². The molecule has 3 aromatic carbocycles. The van der Waals surface area contributed by atoms with Crippen molar-refractivity contribution in [2.75, 3.05) is 6.54 Å². The van der Waals surface area contributed by atoms with E-state index in [4.69, 9.17) is 23.8 Å². The molecule has 0 spiro atoms. The predicted octanol–water partition coefficient (Wildman–Crippen LogP) is 5.02. The van der Waals surface area contributed by atoms with Gasteiger partial charge in [0.2, 0.25) is 0 Å². The lowest BCUT2D eigenvalue weighted by Gasteiger charge is -2.11. The lowest BCUT2D eigenvalue weighted by Crippen LogP contribution is -2.32. The molecule has 2 N–H and O–H groups in total. The van der Waals surface area contributed by atoms with E-state index < -0.39 is 0 Å². The fourth-order valence-electron chi connectivity index (χ4n) is 2.67. The average molecular weight is 368 g/mol. The topological polar surface area (TPSA) is 36.4 Å². The third-order valence-corrected chi connectivity index (χ3v) is 4.46. The highest BCUT2D eigenvalue weighted by Gasteiger charge is 2.10. The number of hydrogen-bond acceptors (Lipinski definition) is 2. The van der Waals surface area contributed by atoms with E-state index in [1.165, 1.54) is 0 Å². The SMILES string of the molecule is C=C(C)CNC(=S)N/N=C/c1c2ccccc2c(Cl)c2ccccc12. The normalized spacial score (nSPS) is 11.1. The number of halogens is 1. The highest BCUT2D eigenvalue weighted by atomic mass is 35.5. The van der Waals surface area contributed by atoms with Gasteiger partial charge in [0, 0.05) is 22.9 Å². The molecule has 3 rings (SSSR count). The van der Waals surface area contributed by atoms with Crippen LogP contribution in [-0.4, -0.2) is 17.9 Å². The maximum Gasteiger partial charge on any atom is 0.187 e. The molecule has 0 aliphatic rings. The predicted molar refractivity (Wildman–Crippen MR) is 113 cm³/mol. The van der Waals surface area contributed by atoms with Crippen molar-refractivity contribution in [1.29, 1.82) is 0 Å². The van der Waals surface area contributed by atoms with Gasteiger partial charge in [-0.15, -0.1) is 0 Å². The average Bonchev–Trinajstić information content (AvgIpc) is 2.63. The second kappa shape index (κ2) is 7.64. The van der Waals surface area contributed by atoms with E-state index in [9.17, 15) is 0 Å². The number of benzene rings is 3. The summed E-state index contributed by atoms with van der Waals surface area (Å²) in [4.78, 5) is 0. The highest BCUT2D eigenvalue weighted by molar-refractivity contribution is 7.80. The molecule has 5 heteroatoms. The van der Waals surface area contributed by atoms with Gasteiger partial charge in [-0.3, -0.25) is 5.43 Å². The fraction of sp³-hybridized carbons (Fsp3) is 0.100. The standard InChI is InChI=1S/C20H18ClN3S/c1-13(2)11-22-20(25)24-23-12-18-14-7-3-5-9-16(14)19(21)17-10-6-4-8-15(17)18/h3-10,12H,1,11H2,2H3,(H2,22,24,25)/b23-12+. The summed E-state index contributed by atoms with van der Waals surface area (Å²) >= 11 is 11.8. The van der Waals surface area contributed by atoms with E-state index in [0.717, 1.165) is 37.7 Å². The summed E-state index contributed by atoms with van der Waals surface area (Å²) < 4.78 is 0. The summed E-state index contributed by atoms with van der Waals surface area (Å²) in [6.45, 7) is 6.39. The summed E-state index contributed by atoms with van der Waals surface area (Å²) in [5, 5.41) is 12.7. The molecule has 3 nitrogen and oxygen atoms in total. The minimum Gasteiger partial charge on any atom is -0.358 e. The van der Waals surface area contributed by atoms with Crippen molar-refractivity contribution < 1.29 is 0 Å². The van der Waals surface area contributed by atoms with E-state index in [1.807, 2.05) is 55.5 Å². The molecule has 0 aliphatic carbocycles. The zero-order valence-corrected chi connectivity index (χ0v) is 15.4. The van der Waals surface area contributed by atoms with Gasteiger partial charge in [-0.25, -0.2) is 0 Å². The third-order valence-electron chi connectivity index (χ3n) is 3.82. The quantitative estimate of drug-likeness (QED) is 0.223. The van der Waals surface area contributed by atoms with Crippen LogP contribution in [0, 0.1) is 0 Å². The van der Waals surface area contributed by atoms with Crippen molar-refractivity contribution in [2.45, 2.75) is 6.92 Å². The van der Waals surface area contributed by atoms with Crippen molar-refractivity contribution in [2.24, 2.45) is 5.10 Å². The van der Waals surface area contributed by atoms with E-state index in [-0.39, 0.29) is 0 Å². The molecular weight excluding hydrogens is 350 g/mol. The maximum absolute atomic E-state index is 6.60. The number of hydrogen-bond donors (Lipinski definition) is 2. The molecule has 0 unspecified atom stereocenters. The number of fused-ring (bicyclic) bond motifs is 2. The molecule has 3 aromatic rings. The molecule has 0 aromatic heterocycles. The first-order chi connectivity index (χ1) is 12.1. The van der Waals surface area contributed by atoms with Crippen LogP contribution in [0.15, 0.2) is 65.8 Å². The lowest BCUT2D eigenvalue weighted by molar-refractivity contribution is 0.917. The molecular formula is C20H18ClN3S. The molecule has 126 valence electrons. The summed E-state index contributed by atoms with van der Waals surface area (Å²) in [6, 6.07) is 16.1. The van der Waals surface area contributed by atoms with Gasteiger partial charge in [0.05, 0.1) is 11.2 Å². The minimum absolute atomic E-state index is 0.460. The van der Waals surface area contributed by atoms with Gasteiger partial charge in [0.15, 0.2) is 5.11 Å². The Balaban J connectivity index is 1.99. The van der Waals surface area contributed by atoms with Gasteiger partial charge < -0.3 is 5.32 Å². The minimum atomic E-state index is 0.460. The highest BCUT2D eigenvalue weighted by Crippen LogP contribution is 2.35. The molecule has 0 bridgehead atoms. The Labute approximate surface area is 157 Å². The van der Waals surface area contributed by atoms with Crippen LogP contribution in [0.25, 0.3) is 21.5 Å². The fourth-order valence-corrected chi connectivity index (χ4v) is 3.13. The first kappa shape index (κ1) is 17.4. The Morgan fingerprint density at radius 1 is 1.08 bits per heavy atom. The van der Waals surface area contributed by atoms with Crippen molar-refractivity contribution >= 4 is 56.7 Å². The van der Waals surface area contributed by atoms with E-state index in [2.05, 4.69) is 22.4 Å². The Bertz CT molecular complexity index is 938. The molecule has 0 radical (unpaired) electrons. The molecule has 0 saturated carbocycles. The Hall–Kier alpha value is -2.43. The number of hydrazone groups is 1. The Morgan fingerprint density at radius 2 is 1.60 bits per heavy atom. The summed E-state index contributed by atoms with van der Waals surface area (Å²) in [5.74, 6) is 0. The Morgan fingerprint density at radius 3 is 2.12 bits per heavy atom. The molecule has 0 atom stereocenters. The molecule has 0 aliphatic heterocycles. The van der Waals surface area contributed by atoms with Crippen LogP contribution < -0.4 is 10.7 Å². The zero-order valence-electron chi connectivity index (χ0n) is 13.8. The van der Waals surface area contributed by atoms with Gasteiger partial charge in [-0.05, 0) is 29.9 Å². The van der Waals surface area contributed by atoms with Crippen LogP contribution in [0.1, 0.15) is 12.5 Å². The first-order valence-electron chi connectivity index (χ1n) is 7.88. The molecule has 0 fully saturated rings. The smallest absolute Gasteiger partial charge is 0.187 e. The van der Waals surface area contributed by atoms with E-state index in [1.54, 1.807) is 6.21 Å². The van der Waals surface area contributed by atoms with Crippen molar-refractivity contribution in [3.8, 4) is 0 Å². The number of rotatable bonds is 4. The maximum atomic E-state index is 6.60. The van der Waals surface area contributed by atoms with Gasteiger partial charge in [0.25, 0.3) is 0 Å². The van der Waals surface area contributed by atoms with Crippen molar-refractivity contribution in [3.63, 3.8) is 0 Å². The first-order valence-corrected chi connectivity index (χ1v) is 8.67. The molecule has 0 amide bonds. The zero-order chi connectivity index (χ0) is 17.8. The molecule has 0 saturated heterocycles. The van der Waals surface area contributed by atoms with Crippen LogP contribution in [0.5, 0.6) is 0 Å². The Kier molecular flexibility index (Phi) is 5.31. The monoisotopic (exact) mass is 367 g/mol. The second-order valence-corrected chi connectivity index (χ2v) is 6.61. The van der Waals surface area contributed by atoms with Crippen LogP contribution in [0.3, 0.4) is 0 Å². The van der Waals surface area contributed by atoms with E-state index >= 15 is 0 Å². The summed E-state index contributed by atoms with van der Waals surface area (Å²) in [5.41, 5.74) is 4.85. The number of nitrogens with zero attached hydrogens (tertiary/aromatic N) is 1. The molecule has 25 heavy (non-hydrogen) atoms. The summed E-state index contributed by atoms with van der Waals surface area (Å²) in [6.07, 6.45) is 1.79. The van der Waals surface area contributed by atoms with Crippen LogP contribution in [0.2, 0.25) is 5.02 Å². The van der Waals surface area contributed by atoms with Gasteiger partial charge in [0.1, 0.15) is 0 Å². The van der Waals surface area contributed by atoms with Gasteiger partial charge in [-0.2, -0.15) is 5.10 Å². The third kappa shape index (κ3) is 3.81. The summed E-state index contributed by atoms with van der Waals surface area (Å²) in [7, 11) is 0. The number of nitrogens with one attached hydrogen (secondary N) is 2. The second-order valence-electron chi connectivity index (χ2n) is 5.83. The van der Waals surface area contributed by atoms with Crippen LogP contribution in [0.4, 0.5) is 0 Å². The van der Waals surface area contributed by atoms with Crippen molar-refractivity contribution in [3.05, 3.63) is 71.3 Å².